The second kappa shape index (κ2) is 4.58. The standard InChI is InChI=1S/C12H17N3OS/c1-7(2)15-12(13-6-14-15)11(16)10-5-8(3)17-9(10)4/h5-7,11,16H,1-4H3. The Kier molecular flexibility index (Phi) is 3.31. The molecule has 1 atom stereocenters. The average molecular weight is 251 g/mol. The van der Waals surface area contributed by atoms with Crippen LogP contribution in [0.3, 0.4) is 0 Å². The van der Waals surface area contributed by atoms with Gasteiger partial charge >= 0.3 is 0 Å². The van der Waals surface area contributed by atoms with Gasteiger partial charge in [-0.1, -0.05) is 0 Å². The van der Waals surface area contributed by atoms with Crippen molar-refractivity contribution in [1.29, 1.82) is 0 Å². The van der Waals surface area contributed by atoms with E-state index in [1.807, 2.05) is 33.8 Å². The molecular formula is C12H17N3OS. The maximum absolute atomic E-state index is 10.4. The lowest BCUT2D eigenvalue weighted by molar-refractivity contribution is 0.199. The second-order valence-corrected chi connectivity index (χ2v) is 5.89. The van der Waals surface area contributed by atoms with E-state index < -0.39 is 6.10 Å². The minimum atomic E-state index is -0.690. The highest BCUT2D eigenvalue weighted by atomic mass is 32.1. The topological polar surface area (TPSA) is 50.9 Å². The number of thiophene rings is 1. The molecule has 4 nitrogen and oxygen atoms in total. The number of hydrogen-bond acceptors (Lipinski definition) is 4. The smallest absolute Gasteiger partial charge is 0.160 e. The van der Waals surface area contributed by atoms with Gasteiger partial charge < -0.3 is 5.11 Å². The third-order valence-electron chi connectivity index (χ3n) is 2.71. The molecule has 0 saturated carbocycles. The quantitative estimate of drug-likeness (QED) is 0.912. The van der Waals surface area contributed by atoms with E-state index in [1.54, 1.807) is 16.0 Å². The Morgan fingerprint density at radius 3 is 2.59 bits per heavy atom. The lowest BCUT2D eigenvalue weighted by Crippen LogP contribution is -2.13. The van der Waals surface area contributed by atoms with Gasteiger partial charge in [0.15, 0.2) is 5.82 Å². The molecule has 0 aliphatic heterocycles. The molecule has 0 fully saturated rings. The number of aliphatic hydroxyl groups is 1. The van der Waals surface area contributed by atoms with Crippen LogP contribution in [-0.2, 0) is 0 Å². The van der Waals surface area contributed by atoms with Gasteiger partial charge in [0.25, 0.3) is 0 Å². The van der Waals surface area contributed by atoms with E-state index in [1.165, 1.54) is 11.2 Å². The van der Waals surface area contributed by atoms with E-state index in [0.29, 0.717) is 5.82 Å². The van der Waals surface area contributed by atoms with E-state index in [0.717, 1.165) is 10.4 Å². The monoisotopic (exact) mass is 251 g/mol. The van der Waals surface area contributed by atoms with E-state index in [-0.39, 0.29) is 6.04 Å². The van der Waals surface area contributed by atoms with Gasteiger partial charge in [-0.3, -0.25) is 0 Å². The van der Waals surface area contributed by atoms with Crippen molar-refractivity contribution in [3.8, 4) is 0 Å². The highest BCUT2D eigenvalue weighted by Gasteiger charge is 2.21. The highest BCUT2D eigenvalue weighted by molar-refractivity contribution is 7.12. The maximum atomic E-state index is 10.4. The number of aromatic nitrogens is 3. The molecule has 0 radical (unpaired) electrons. The zero-order chi connectivity index (χ0) is 12.6. The van der Waals surface area contributed by atoms with Crippen LogP contribution in [0.4, 0.5) is 0 Å². The van der Waals surface area contributed by atoms with Crippen LogP contribution in [-0.4, -0.2) is 19.9 Å². The molecule has 2 aromatic rings. The summed E-state index contributed by atoms with van der Waals surface area (Å²) in [6.07, 6.45) is 0.803. The average Bonchev–Trinajstić information content (AvgIpc) is 2.83. The van der Waals surface area contributed by atoms with Crippen LogP contribution in [0.2, 0.25) is 0 Å². The fourth-order valence-corrected chi connectivity index (χ4v) is 2.87. The molecule has 92 valence electrons. The van der Waals surface area contributed by atoms with Gasteiger partial charge in [-0.15, -0.1) is 11.3 Å². The molecular weight excluding hydrogens is 234 g/mol. The molecule has 2 aromatic heterocycles. The largest absolute Gasteiger partial charge is 0.380 e. The van der Waals surface area contributed by atoms with Crippen LogP contribution in [0.1, 0.15) is 47.1 Å². The van der Waals surface area contributed by atoms with Crippen molar-refractivity contribution < 1.29 is 5.11 Å². The number of aryl methyl sites for hydroxylation is 2. The summed E-state index contributed by atoms with van der Waals surface area (Å²) >= 11 is 1.69. The van der Waals surface area contributed by atoms with E-state index >= 15 is 0 Å². The number of nitrogens with zero attached hydrogens (tertiary/aromatic N) is 3. The molecule has 2 heterocycles. The van der Waals surface area contributed by atoms with Gasteiger partial charge in [-0.05, 0) is 33.8 Å². The van der Waals surface area contributed by atoms with E-state index in [9.17, 15) is 5.11 Å². The molecule has 0 aliphatic rings. The maximum Gasteiger partial charge on any atom is 0.160 e. The Hall–Kier alpha value is -1.20. The molecule has 2 rings (SSSR count). The van der Waals surface area contributed by atoms with Crippen LogP contribution in [0.15, 0.2) is 12.4 Å². The fourth-order valence-electron chi connectivity index (χ4n) is 1.91. The van der Waals surface area contributed by atoms with Crippen molar-refractivity contribution in [2.24, 2.45) is 0 Å². The van der Waals surface area contributed by atoms with E-state index in [4.69, 9.17) is 0 Å². The van der Waals surface area contributed by atoms with Crippen LogP contribution in [0, 0.1) is 13.8 Å². The van der Waals surface area contributed by atoms with Crippen LogP contribution in [0.25, 0.3) is 0 Å². The third-order valence-corrected chi connectivity index (χ3v) is 3.69. The first-order chi connectivity index (χ1) is 8.00. The van der Waals surface area contributed by atoms with Gasteiger partial charge in [-0.25, -0.2) is 9.67 Å². The lowest BCUT2D eigenvalue weighted by atomic mass is 10.1. The summed E-state index contributed by atoms with van der Waals surface area (Å²) in [7, 11) is 0. The summed E-state index contributed by atoms with van der Waals surface area (Å²) in [5.41, 5.74) is 0.933. The lowest BCUT2D eigenvalue weighted by Gasteiger charge is -2.14. The predicted molar refractivity (Wildman–Crippen MR) is 68.3 cm³/mol. The predicted octanol–water partition coefficient (Wildman–Crippen LogP) is 2.62. The summed E-state index contributed by atoms with van der Waals surface area (Å²) in [4.78, 5) is 6.50. The summed E-state index contributed by atoms with van der Waals surface area (Å²) < 4.78 is 1.76. The van der Waals surface area contributed by atoms with Crippen molar-refractivity contribution in [1.82, 2.24) is 14.8 Å². The summed E-state index contributed by atoms with van der Waals surface area (Å²) in [5, 5.41) is 14.5. The van der Waals surface area contributed by atoms with Crippen molar-refractivity contribution >= 4 is 11.3 Å². The molecule has 5 heteroatoms. The molecule has 0 aliphatic carbocycles. The first kappa shape index (κ1) is 12.3. The second-order valence-electron chi connectivity index (χ2n) is 4.43. The van der Waals surface area contributed by atoms with Crippen molar-refractivity contribution in [3.05, 3.63) is 33.5 Å². The van der Waals surface area contributed by atoms with Gasteiger partial charge in [-0.2, -0.15) is 5.10 Å². The zero-order valence-electron chi connectivity index (χ0n) is 10.5. The SMILES string of the molecule is Cc1cc(C(O)c2ncnn2C(C)C)c(C)s1. The molecule has 1 unspecified atom stereocenters. The first-order valence-corrected chi connectivity index (χ1v) is 6.46. The molecule has 1 N–H and O–H groups in total. The van der Waals surface area contributed by atoms with Crippen LogP contribution < -0.4 is 0 Å². The third kappa shape index (κ3) is 2.25. The van der Waals surface area contributed by atoms with Crippen LogP contribution >= 0.6 is 11.3 Å². The molecule has 0 saturated heterocycles. The number of hydrogen-bond donors (Lipinski definition) is 1. The fraction of sp³-hybridized carbons (Fsp3) is 0.500. The summed E-state index contributed by atoms with van der Waals surface area (Å²) in [5.74, 6) is 0.612. The Bertz CT molecular complexity index is 516. The van der Waals surface area contributed by atoms with Gasteiger partial charge in [0, 0.05) is 21.4 Å². The molecule has 17 heavy (non-hydrogen) atoms. The van der Waals surface area contributed by atoms with Crippen molar-refractivity contribution in [3.63, 3.8) is 0 Å². The minimum Gasteiger partial charge on any atom is -0.380 e. The number of rotatable bonds is 3. The Morgan fingerprint density at radius 1 is 1.35 bits per heavy atom. The highest BCUT2D eigenvalue weighted by Crippen LogP contribution is 2.30. The zero-order valence-corrected chi connectivity index (χ0v) is 11.3. The van der Waals surface area contributed by atoms with E-state index in [2.05, 4.69) is 10.1 Å². The van der Waals surface area contributed by atoms with Crippen molar-refractivity contribution in [2.45, 2.75) is 39.8 Å². The molecule has 0 spiro atoms. The Labute approximate surface area is 105 Å². The number of aliphatic hydroxyl groups excluding tert-OH is 1. The van der Waals surface area contributed by atoms with Gasteiger partial charge in [0.05, 0.1) is 0 Å². The Morgan fingerprint density at radius 2 is 2.06 bits per heavy atom. The van der Waals surface area contributed by atoms with Gasteiger partial charge in [0.1, 0.15) is 12.4 Å². The van der Waals surface area contributed by atoms with Gasteiger partial charge in [0.2, 0.25) is 0 Å². The molecule has 0 bridgehead atoms. The Balaban J connectivity index is 2.40. The van der Waals surface area contributed by atoms with Crippen molar-refractivity contribution in [2.75, 3.05) is 0 Å². The normalized spacial score (nSPS) is 13.3. The summed E-state index contributed by atoms with van der Waals surface area (Å²) in [6.45, 7) is 8.11. The molecule has 0 aromatic carbocycles. The first-order valence-electron chi connectivity index (χ1n) is 5.65. The van der Waals surface area contributed by atoms with Crippen LogP contribution in [0.5, 0.6) is 0 Å². The summed E-state index contributed by atoms with van der Waals surface area (Å²) in [6, 6.07) is 2.21. The minimum absolute atomic E-state index is 0.196. The molecule has 0 amide bonds.